The van der Waals surface area contributed by atoms with E-state index in [1.54, 1.807) is 70.9 Å². The van der Waals surface area contributed by atoms with Gasteiger partial charge in [-0.05, 0) is 47.5 Å². The lowest BCUT2D eigenvalue weighted by Crippen LogP contribution is -1.91. The maximum atomic E-state index is 12.1. The molecular formula is C23H24O6. The SMILES string of the molecule is COc1ccc(/C=C\C(=O)/C=C(O)\C=C\c2ccc(OC)c(OC)c2)cc1OC. The number of hydrogen-bond donors (Lipinski definition) is 1. The minimum Gasteiger partial charge on any atom is -0.508 e. The second-order valence-electron chi connectivity index (χ2n) is 5.87. The van der Waals surface area contributed by atoms with Gasteiger partial charge in [0.15, 0.2) is 28.8 Å². The summed E-state index contributed by atoms with van der Waals surface area (Å²) in [5.41, 5.74) is 1.56. The molecule has 0 saturated heterocycles. The number of allylic oxidation sites excluding steroid dienone is 3. The average Bonchev–Trinajstić information content (AvgIpc) is 2.75. The van der Waals surface area contributed by atoms with E-state index in [1.807, 2.05) is 6.07 Å². The fourth-order valence-electron chi connectivity index (χ4n) is 2.51. The van der Waals surface area contributed by atoms with Crippen LogP contribution < -0.4 is 18.9 Å². The third-order valence-corrected chi connectivity index (χ3v) is 3.99. The lowest BCUT2D eigenvalue weighted by Gasteiger charge is -2.07. The number of aliphatic hydroxyl groups is 1. The van der Waals surface area contributed by atoms with Crippen LogP contribution in [-0.4, -0.2) is 39.3 Å². The zero-order valence-electron chi connectivity index (χ0n) is 16.8. The summed E-state index contributed by atoms with van der Waals surface area (Å²) >= 11 is 0. The highest BCUT2D eigenvalue weighted by Crippen LogP contribution is 2.29. The molecule has 0 fully saturated rings. The summed E-state index contributed by atoms with van der Waals surface area (Å²) in [5, 5.41) is 9.98. The van der Waals surface area contributed by atoms with Crippen LogP contribution in [0.2, 0.25) is 0 Å². The highest BCUT2D eigenvalue weighted by atomic mass is 16.5. The molecular weight excluding hydrogens is 372 g/mol. The number of hydrogen-bond acceptors (Lipinski definition) is 6. The lowest BCUT2D eigenvalue weighted by atomic mass is 10.1. The first-order valence-electron chi connectivity index (χ1n) is 8.75. The third-order valence-electron chi connectivity index (χ3n) is 3.99. The molecule has 1 N–H and O–H groups in total. The molecule has 0 aliphatic carbocycles. The van der Waals surface area contributed by atoms with Gasteiger partial charge in [0.05, 0.1) is 28.4 Å². The largest absolute Gasteiger partial charge is 0.508 e. The predicted octanol–water partition coefficient (Wildman–Crippen LogP) is 4.46. The molecule has 0 bridgehead atoms. The molecule has 0 heterocycles. The second-order valence-corrected chi connectivity index (χ2v) is 5.87. The lowest BCUT2D eigenvalue weighted by molar-refractivity contribution is -0.110. The van der Waals surface area contributed by atoms with Crippen LogP contribution in [0.25, 0.3) is 12.2 Å². The number of methoxy groups -OCH3 is 4. The Kier molecular flexibility index (Phi) is 7.91. The Hall–Kier alpha value is -3.67. The molecule has 0 atom stereocenters. The molecule has 0 aliphatic rings. The topological polar surface area (TPSA) is 74.2 Å². The van der Waals surface area contributed by atoms with Crippen molar-refractivity contribution < 1.29 is 28.8 Å². The van der Waals surface area contributed by atoms with Gasteiger partial charge >= 0.3 is 0 Å². The number of ether oxygens (including phenoxy) is 4. The van der Waals surface area contributed by atoms with Gasteiger partial charge < -0.3 is 24.1 Å². The van der Waals surface area contributed by atoms with Crippen molar-refractivity contribution in [2.75, 3.05) is 28.4 Å². The van der Waals surface area contributed by atoms with Gasteiger partial charge in [-0.3, -0.25) is 4.79 Å². The molecule has 0 aliphatic heterocycles. The van der Waals surface area contributed by atoms with Gasteiger partial charge in [-0.2, -0.15) is 0 Å². The third kappa shape index (κ3) is 6.17. The van der Waals surface area contributed by atoms with Gasteiger partial charge in [0.25, 0.3) is 0 Å². The highest BCUT2D eigenvalue weighted by molar-refractivity contribution is 6.02. The van der Waals surface area contributed by atoms with Crippen LogP contribution in [0.1, 0.15) is 11.1 Å². The van der Waals surface area contributed by atoms with Crippen LogP contribution in [0, 0.1) is 0 Å². The number of rotatable bonds is 9. The number of ketones is 1. The molecule has 29 heavy (non-hydrogen) atoms. The Labute approximate surface area is 170 Å². The number of aliphatic hydroxyl groups excluding tert-OH is 1. The van der Waals surface area contributed by atoms with E-state index in [2.05, 4.69) is 0 Å². The summed E-state index contributed by atoms with van der Waals surface area (Å²) in [6.07, 6.45) is 7.23. The first kappa shape index (κ1) is 21.6. The molecule has 6 nitrogen and oxygen atoms in total. The van der Waals surface area contributed by atoms with E-state index in [0.717, 1.165) is 17.2 Å². The molecule has 0 unspecified atom stereocenters. The molecule has 0 aromatic heterocycles. The number of carbonyl (C=O) groups is 1. The summed E-state index contributed by atoms with van der Waals surface area (Å²) in [5.74, 6) is 1.84. The van der Waals surface area contributed by atoms with E-state index >= 15 is 0 Å². The fourth-order valence-corrected chi connectivity index (χ4v) is 2.51. The summed E-state index contributed by atoms with van der Waals surface area (Å²) in [6, 6.07) is 10.6. The van der Waals surface area contributed by atoms with Crippen molar-refractivity contribution in [2.45, 2.75) is 0 Å². The number of benzene rings is 2. The van der Waals surface area contributed by atoms with Crippen LogP contribution in [-0.2, 0) is 4.79 Å². The first-order chi connectivity index (χ1) is 14.0. The standard InChI is InChI=1S/C23H24O6/c1-26-20-11-7-16(13-22(20)28-3)5-9-18(24)15-19(25)10-6-17-8-12-21(27-2)23(14-17)29-4/h5-15,24H,1-4H3/b9-5+,10-6-,18-15+. The minimum absolute atomic E-state index is 0.165. The highest BCUT2D eigenvalue weighted by Gasteiger charge is 2.04. The molecule has 2 aromatic carbocycles. The normalized spacial score (nSPS) is 11.7. The summed E-state index contributed by atoms with van der Waals surface area (Å²) < 4.78 is 20.8. The molecule has 0 radical (unpaired) electrons. The van der Waals surface area contributed by atoms with Gasteiger partial charge in [-0.1, -0.05) is 24.3 Å². The van der Waals surface area contributed by atoms with Crippen molar-refractivity contribution in [1.82, 2.24) is 0 Å². The zero-order chi connectivity index (χ0) is 21.2. The van der Waals surface area contributed by atoms with Gasteiger partial charge in [0.1, 0.15) is 5.76 Å². The van der Waals surface area contributed by atoms with Gasteiger partial charge in [0.2, 0.25) is 0 Å². The van der Waals surface area contributed by atoms with Crippen molar-refractivity contribution in [3.05, 3.63) is 71.5 Å². The van der Waals surface area contributed by atoms with Gasteiger partial charge in [-0.25, -0.2) is 0 Å². The Bertz CT molecular complexity index is 940. The fraction of sp³-hybridized carbons (Fsp3) is 0.174. The van der Waals surface area contributed by atoms with Crippen molar-refractivity contribution in [2.24, 2.45) is 0 Å². The number of carbonyl (C=O) groups excluding carboxylic acids is 1. The van der Waals surface area contributed by atoms with Crippen LogP contribution in [0.3, 0.4) is 0 Å². The smallest absolute Gasteiger partial charge is 0.182 e. The molecule has 0 amide bonds. The van der Waals surface area contributed by atoms with Crippen LogP contribution in [0.5, 0.6) is 23.0 Å². The van der Waals surface area contributed by atoms with Crippen LogP contribution >= 0.6 is 0 Å². The van der Waals surface area contributed by atoms with E-state index in [4.69, 9.17) is 18.9 Å². The second kappa shape index (κ2) is 10.6. The van der Waals surface area contributed by atoms with Gasteiger partial charge in [0, 0.05) is 6.08 Å². The van der Waals surface area contributed by atoms with Crippen molar-refractivity contribution in [3.8, 4) is 23.0 Å². The maximum Gasteiger partial charge on any atom is 0.182 e. The van der Waals surface area contributed by atoms with Crippen molar-refractivity contribution >= 4 is 17.9 Å². The molecule has 152 valence electrons. The average molecular weight is 396 g/mol. The molecule has 0 spiro atoms. The Morgan fingerprint density at radius 1 is 0.724 bits per heavy atom. The Morgan fingerprint density at radius 3 is 1.62 bits per heavy atom. The van der Waals surface area contributed by atoms with Crippen molar-refractivity contribution in [3.63, 3.8) is 0 Å². The first-order valence-corrected chi connectivity index (χ1v) is 8.75. The van der Waals surface area contributed by atoms with E-state index in [9.17, 15) is 9.90 Å². The summed E-state index contributed by atoms with van der Waals surface area (Å²) in [6.45, 7) is 0. The molecule has 2 rings (SSSR count). The van der Waals surface area contributed by atoms with Gasteiger partial charge in [-0.15, -0.1) is 0 Å². The zero-order valence-corrected chi connectivity index (χ0v) is 16.8. The van der Waals surface area contributed by atoms with Crippen LogP contribution in [0.4, 0.5) is 0 Å². The summed E-state index contributed by atoms with van der Waals surface area (Å²) in [7, 11) is 6.21. The Balaban J connectivity index is 2.06. The molecule has 6 heteroatoms. The van der Waals surface area contributed by atoms with E-state index in [-0.39, 0.29) is 11.5 Å². The minimum atomic E-state index is -0.353. The van der Waals surface area contributed by atoms with Crippen molar-refractivity contribution in [1.29, 1.82) is 0 Å². The summed E-state index contributed by atoms with van der Waals surface area (Å²) in [4.78, 5) is 12.1. The molecule has 0 saturated carbocycles. The van der Waals surface area contributed by atoms with E-state index in [1.165, 1.54) is 12.2 Å². The maximum absolute atomic E-state index is 12.1. The molecule has 2 aromatic rings. The monoisotopic (exact) mass is 396 g/mol. The van der Waals surface area contributed by atoms with E-state index < -0.39 is 0 Å². The van der Waals surface area contributed by atoms with E-state index in [0.29, 0.717) is 23.0 Å². The Morgan fingerprint density at radius 2 is 1.17 bits per heavy atom. The van der Waals surface area contributed by atoms with Crippen LogP contribution in [0.15, 0.2) is 60.4 Å². The quantitative estimate of drug-likeness (QED) is 0.383. The predicted molar refractivity (Wildman–Crippen MR) is 113 cm³/mol.